The molecule has 0 spiro atoms. The van der Waals surface area contributed by atoms with Crippen molar-refractivity contribution < 1.29 is 31.7 Å². The third-order valence-electron chi connectivity index (χ3n) is 11.8. The van der Waals surface area contributed by atoms with Gasteiger partial charge >= 0.3 is 0 Å². The third kappa shape index (κ3) is 7.24. The number of amides is 1. The summed E-state index contributed by atoms with van der Waals surface area (Å²) in [6.45, 7) is 3.38. The molecule has 6 fully saturated rings. The second kappa shape index (κ2) is 14.8. The molecule has 6 aliphatic rings. The van der Waals surface area contributed by atoms with Crippen molar-refractivity contribution in [3.8, 4) is 0 Å². The molecule has 18 heteroatoms. The van der Waals surface area contributed by atoms with Crippen LogP contribution in [0.1, 0.15) is 77.6 Å². The Labute approximate surface area is 285 Å². The SMILES string of the molecule is COC1C(NC2CC(C)NN2)NC(SC2CCC(S(=O)(=O)C3(C4CCCC([N+](=O)[O-])C4F)CC3)CC2F)NC1N1CCC(C(N)=O)CC1. The molecule has 0 radical (unpaired) electrons. The van der Waals surface area contributed by atoms with Crippen LogP contribution < -0.4 is 32.5 Å². The van der Waals surface area contributed by atoms with Crippen molar-refractivity contribution in [3.05, 3.63) is 10.1 Å². The fourth-order valence-electron chi connectivity index (χ4n) is 8.93. The number of halogens is 2. The standard InChI is InChI=1S/C30H52F2N8O6S2/c1-16-14-23(38-37-16)34-27-25(46-2)28(39-12-8-17(9-13-39)26(33)41)36-29(35-27)47-22-7-6-18(15-20(22)31)48(44,45)30(10-11-30)19-4-3-5-21(24(19)32)40(42)43/h16-25,27-29,34-38H,3-15H2,1-2H3,(H2,33,41). The molecule has 0 aromatic carbocycles. The number of alkyl halides is 2. The molecule has 0 aromatic heterocycles. The van der Waals surface area contributed by atoms with E-state index in [1.54, 1.807) is 7.11 Å². The van der Waals surface area contributed by atoms with Crippen molar-refractivity contribution in [3.63, 3.8) is 0 Å². The molecule has 274 valence electrons. The fraction of sp³-hybridized carbons (Fsp3) is 0.967. The van der Waals surface area contributed by atoms with Crippen molar-refractivity contribution >= 4 is 27.5 Å². The topological polar surface area (TPSA) is 193 Å². The summed E-state index contributed by atoms with van der Waals surface area (Å²) in [7, 11) is -2.26. The molecule has 1 amide bonds. The molecule has 3 aliphatic carbocycles. The van der Waals surface area contributed by atoms with Crippen LogP contribution in [0.3, 0.4) is 0 Å². The molecule has 3 saturated carbocycles. The minimum atomic E-state index is -3.92. The zero-order valence-corrected chi connectivity index (χ0v) is 29.3. The minimum absolute atomic E-state index is 0.0295. The van der Waals surface area contributed by atoms with Crippen LogP contribution >= 0.6 is 11.8 Å². The number of thioether (sulfide) groups is 1. The molecule has 0 aromatic rings. The van der Waals surface area contributed by atoms with E-state index in [-0.39, 0.29) is 80.1 Å². The number of nitro groups is 1. The lowest BCUT2D eigenvalue weighted by Crippen LogP contribution is -2.75. The molecule has 7 N–H and O–H groups in total. The summed E-state index contributed by atoms with van der Waals surface area (Å²) in [6.07, 6.45) is -0.176. The van der Waals surface area contributed by atoms with Crippen LogP contribution in [0.5, 0.6) is 0 Å². The summed E-state index contributed by atoms with van der Waals surface area (Å²) in [5.41, 5.74) is 11.7. The van der Waals surface area contributed by atoms with Gasteiger partial charge in [0.2, 0.25) is 11.9 Å². The van der Waals surface area contributed by atoms with Gasteiger partial charge in [-0.3, -0.25) is 41.2 Å². The summed E-state index contributed by atoms with van der Waals surface area (Å²) in [6, 6.07) is -1.11. The number of sulfone groups is 1. The van der Waals surface area contributed by atoms with E-state index in [9.17, 15) is 23.3 Å². The average Bonchev–Trinajstić information content (AvgIpc) is 3.77. The van der Waals surface area contributed by atoms with Crippen LogP contribution in [-0.2, 0) is 19.4 Å². The van der Waals surface area contributed by atoms with E-state index in [2.05, 4.69) is 38.6 Å². The van der Waals surface area contributed by atoms with Crippen LogP contribution in [0.4, 0.5) is 8.78 Å². The Balaban J connectivity index is 1.12. The summed E-state index contributed by atoms with van der Waals surface area (Å²) in [4.78, 5) is 24.9. The van der Waals surface area contributed by atoms with Gasteiger partial charge < -0.3 is 10.5 Å². The number of hydrogen-bond acceptors (Lipinski definition) is 13. The second-order valence-electron chi connectivity index (χ2n) is 14.8. The molecular weight excluding hydrogens is 671 g/mol. The van der Waals surface area contributed by atoms with Crippen molar-refractivity contribution in [2.24, 2.45) is 17.6 Å². The smallest absolute Gasteiger partial charge is 0.244 e. The van der Waals surface area contributed by atoms with E-state index < -0.39 is 54.3 Å². The van der Waals surface area contributed by atoms with Crippen LogP contribution in [0.25, 0.3) is 0 Å². The summed E-state index contributed by atoms with van der Waals surface area (Å²) in [5.74, 6) is -1.38. The fourth-order valence-corrected chi connectivity index (χ4v) is 13.2. The number of rotatable bonds is 11. The predicted molar refractivity (Wildman–Crippen MR) is 177 cm³/mol. The third-order valence-corrected chi connectivity index (χ3v) is 16.4. The number of primary amides is 1. The molecule has 12 atom stereocenters. The minimum Gasteiger partial charge on any atom is -0.375 e. The molecule has 3 heterocycles. The molecule has 0 bridgehead atoms. The Hall–Kier alpha value is -1.25. The zero-order valence-electron chi connectivity index (χ0n) is 27.7. The first-order chi connectivity index (χ1) is 22.8. The van der Waals surface area contributed by atoms with Gasteiger partial charge in [-0.05, 0) is 71.1 Å². The van der Waals surface area contributed by atoms with Gasteiger partial charge in [0.15, 0.2) is 16.0 Å². The van der Waals surface area contributed by atoms with Gasteiger partial charge in [0, 0.05) is 54.7 Å². The zero-order chi connectivity index (χ0) is 34.4. The molecule has 3 saturated heterocycles. The average molecular weight is 723 g/mol. The number of nitrogens with two attached hydrogens (primary N) is 1. The van der Waals surface area contributed by atoms with Crippen molar-refractivity contribution in [1.82, 2.24) is 31.7 Å². The van der Waals surface area contributed by atoms with Crippen molar-refractivity contribution in [2.45, 2.75) is 147 Å². The van der Waals surface area contributed by atoms with E-state index in [4.69, 9.17) is 10.5 Å². The maximum absolute atomic E-state index is 16.0. The number of hydrogen-bond donors (Lipinski definition) is 6. The van der Waals surface area contributed by atoms with Crippen molar-refractivity contribution in [2.75, 3.05) is 20.2 Å². The highest BCUT2D eigenvalue weighted by Gasteiger charge is 2.66. The lowest BCUT2D eigenvalue weighted by molar-refractivity contribution is -0.536. The quantitative estimate of drug-likeness (QED) is 0.130. The van der Waals surface area contributed by atoms with Crippen LogP contribution in [0, 0.1) is 22.0 Å². The second-order valence-corrected chi connectivity index (χ2v) is 18.7. The number of ether oxygens (including phenoxy) is 1. The maximum Gasteiger partial charge on any atom is 0.244 e. The largest absolute Gasteiger partial charge is 0.375 e. The number of likely N-dealkylation sites (tertiary alicyclic amines) is 1. The molecular formula is C30H52F2N8O6S2. The van der Waals surface area contributed by atoms with Crippen LogP contribution in [-0.4, -0.2) is 114 Å². The molecule has 14 nitrogen and oxygen atoms in total. The van der Waals surface area contributed by atoms with Crippen LogP contribution in [0.2, 0.25) is 0 Å². The number of nitrogens with zero attached hydrogens (tertiary/aromatic N) is 2. The number of piperidine rings is 1. The van der Waals surface area contributed by atoms with Crippen molar-refractivity contribution in [1.29, 1.82) is 0 Å². The highest BCUT2D eigenvalue weighted by Crippen LogP contribution is 2.57. The lowest BCUT2D eigenvalue weighted by atomic mass is 9.81. The van der Waals surface area contributed by atoms with Gasteiger partial charge in [-0.15, -0.1) is 11.8 Å². The first kappa shape index (κ1) is 36.5. The molecule has 48 heavy (non-hydrogen) atoms. The Morgan fingerprint density at radius 1 is 1.08 bits per heavy atom. The molecule has 6 rings (SSSR count). The van der Waals surface area contributed by atoms with E-state index in [0.717, 1.165) is 6.42 Å². The highest BCUT2D eigenvalue weighted by molar-refractivity contribution is 8.00. The molecule has 12 unspecified atom stereocenters. The van der Waals surface area contributed by atoms with Gasteiger partial charge in [0.1, 0.15) is 17.8 Å². The van der Waals surface area contributed by atoms with Crippen LogP contribution in [0.15, 0.2) is 0 Å². The van der Waals surface area contributed by atoms with E-state index in [1.807, 2.05) is 0 Å². The maximum atomic E-state index is 16.0. The number of carbonyl (C=O) groups excluding carboxylic acids is 1. The predicted octanol–water partition coefficient (Wildman–Crippen LogP) is 0.853. The first-order valence-corrected chi connectivity index (χ1v) is 20.0. The Kier molecular flexibility index (Phi) is 11.2. The summed E-state index contributed by atoms with van der Waals surface area (Å²) in [5, 5.41) is 20.8. The Bertz CT molecular complexity index is 1280. The van der Waals surface area contributed by atoms with Gasteiger partial charge in [-0.2, -0.15) is 0 Å². The lowest BCUT2D eigenvalue weighted by Gasteiger charge is -2.50. The number of nitrogens with one attached hydrogen (secondary N) is 5. The normalized spacial score (nSPS) is 42.8. The first-order valence-electron chi connectivity index (χ1n) is 17.5. The summed E-state index contributed by atoms with van der Waals surface area (Å²) >= 11 is 1.41. The van der Waals surface area contributed by atoms with E-state index >= 15 is 8.78 Å². The Morgan fingerprint density at radius 3 is 2.40 bits per heavy atom. The van der Waals surface area contributed by atoms with Gasteiger partial charge in [0.05, 0.1) is 28.5 Å². The number of methoxy groups -OCH3 is 1. The monoisotopic (exact) mass is 722 g/mol. The summed E-state index contributed by atoms with van der Waals surface area (Å²) < 4.78 is 64.2. The Morgan fingerprint density at radius 2 is 1.81 bits per heavy atom. The van der Waals surface area contributed by atoms with E-state index in [1.165, 1.54) is 11.8 Å². The van der Waals surface area contributed by atoms with E-state index in [0.29, 0.717) is 45.2 Å². The van der Waals surface area contributed by atoms with Gasteiger partial charge in [-0.1, -0.05) is 0 Å². The highest BCUT2D eigenvalue weighted by atomic mass is 32.2. The molecule has 3 aliphatic heterocycles. The number of carbonyl (C=O) groups is 1. The van der Waals surface area contributed by atoms with Gasteiger partial charge in [-0.25, -0.2) is 22.6 Å². The number of hydrazine groups is 1. The van der Waals surface area contributed by atoms with Gasteiger partial charge in [0.25, 0.3) is 0 Å².